The average Bonchev–Trinajstić information content (AvgIpc) is 2.70. The minimum absolute atomic E-state index is 0.0429. The van der Waals surface area contributed by atoms with Crippen LogP contribution in [0.25, 0.3) is 5.82 Å². The van der Waals surface area contributed by atoms with Gasteiger partial charge in [-0.15, -0.1) is 0 Å². The molecular weight excluding hydrogens is 195 g/mol. The van der Waals surface area contributed by atoms with Crippen LogP contribution in [0.1, 0.15) is 0 Å². The minimum atomic E-state index is -0.461. The van der Waals surface area contributed by atoms with Gasteiger partial charge in [0.2, 0.25) is 5.82 Å². The van der Waals surface area contributed by atoms with E-state index < -0.39 is 4.92 Å². The van der Waals surface area contributed by atoms with Crippen LogP contribution in [0.15, 0.2) is 30.7 Å². The second-order valence-corrected chi connectivity index (χ2v) is 3.06. The first-order valence-electron chi connectivity index (χ1n) is 4.29. The van der Waals surface area contributed by atoms with E-state index in [2.05, 4.69) is 10.1 Å². The zero-order valence-electron chi connectivity index (χ0n) is 7.99. The Labute approximate surface area is 86.1 Å². The van der Waals surface area contributed by atoms with Gasteiger partial charge in [-0.25, -0.2) is 9.67 Å². The van der Waals surface area contributed by atoms with Crippen LogP contribution in [0, 0.1) is 10.1 Å². The summed E-state index contributed by atoms with van der Waals surface area (Å²) in [6.45, 7) is 0. The lowest BCUT2D eigenvalue weighted by Crippen LogP contribution is -2.10. The quantitative estimate of drug-likeness (QED) is 0.371. The van der Waals surface area contributed by atoms with Crippen molar-refractivity contribution in [3.63, 3.8) is 0 Å². The molecule has 2 aromatic heterocycles. The maximum atomic E-state index is 10.8. The molecule has 74 valence electrons. The van der Waals surface area contributed by atoms with Crippen molar-refractivity contribution in [2.75, 3.05) is 0 Å². The van der Waals surface area contributed by atoms with Gasteiger partial charge in [0.1, 0.15) is 7.85 Å². The molecule has 0 amide bonds. The minimum Gasteiger partial charge on any atom is -0.258 e. The number of hydrogen-bond acceptors (Lipinski definition) is 4. The van der Waals surface area contributed by atoms with E-state index in [4.69, 9.17) is 0 Å². The molecule has 7 heteroatoms. The number of nitrogens with zero attached hydrogens (tertiary/aromatic N) is 4. The molecule has 2 rings (SSSR count). The second-order valence-electron chi connectivity index (χ2n) is 3.06. The van der Waals surface area contributed by atoms with Gasteiger partial charge in [0.25, 0.3) is 0 Å². The Morgan fingerprint density at radius 1 is 1.53 bits per heavy atom. The number of nitro groups is 1. The normalized spacial score (nSPS) is 10.1. The summed E-state index contributed by atoms with van der Waals surface area (Å²) in [5, 5.41) is 14.7. The maximum absolute atomic E-state index is 10.8. The SMILES string of the molecule is Bc1cnc(-n2cccn2)c([N+](=O)[O-])c1. The molecule has 0 aliphatic rings. The first kappa shape index (κ1) is 9.38. The molecule has 0 aliphatic heterocycles. The van der Waals surface area contributed by atoms with Gasteiger partial charge in [-0.3, -0.25) is 10.1 Å². The van der Waals surface area contributed by atoms with Crippen LogP contribution in [-0.2, 0) is 0 Å². The van der Waals surface area contributed by atoms with Crippen LogP contribution in [-0.4, -0.2) is 27.5 Å². The zero-order chi connectivity index (χ0) is 10.8. The molecule has 0 spiro atoms. The summed E-state index contributed by atoms with van der Waals surface area (Å²) in [5.41, 5.74) is 0.705. The van der Waals surface area contributed by atoms with E-state index in [-0.39, 0.29) is 11.5 Å². The molecule has 0 bridgehead atoms. The predicted octanol–water partition coefficient (Wildman–Crippen LogP) is -0.566. The lowest BCUT2D eigenvalue weighted by molar-refractivity contribution is -0.384. The van der Waals surface area contributed by atoms with Crippen LogP contribution in [0.3, 0.4) is 0 Å². The number of hydrogen-bond donors (Lipinski definition) is 0. The van der Waals surface area contributed by atoms with E-state index in [1.165, 1.54) is 10.7 Å². The van der Waals surface area contributed by atoms with Crippen LogP contribution >= 0.6 is 0 Å². The summed E-state index contributed by atoms with van der Waals surface area (Å²) < 4.78 is 1.37. The molecule has 0 saturated carbocycles. The van der Waals surface area contributed by atoms with Gasteiger partial charge in [0, 0.05) is 24.7 Å². The van der Waals surface area contributed by atoms with Crippen molar-refractivity contribution in [1.82, 2.24) is 14.8 Å². The Morgan fingerprint density at radius 3 is 2.93 bits per heavy atom. The fourth-order valence-corrected chi connectivity index (χ4v) is 1.25. The first-order chi connectivity index (χ1) is 7.18. The Balaban J connectivity index is 2.61. The Morgan fingerprint density at radius 2 is 2.33 bits per heavy atom. The molecule has 0 atom stereocenters. The van der Waals surface area contributed by atoms with Gasteiger partial charge in [-0.2, -0.15) is 5.10 Å². The van der Waals surface area contributed by atoms with E-state index in [1.807, 2.05) is 0 Å². The molecule has 0 radical (unpaired) electrons. The number of pyridine rings is 1. The molecule has 0 saturated heterocycles. The monoisotopic (exact) mass is 202 g/mol. The van der Waals surface area contributed by atoms with Crippen LogP contribution in [0.2, 0.25) is 0 Å². The predicted molar refractivity (Wildman–Crippen MR) is 56.2 cm³/mol. The smallest absolute Gasteiger partial charge is 0.258 e. The van der Waals surface area contributed by atoms with Gasteiger partial charge < -0.3 is 0 Å². The number of aromatic nitrogens is 3. The Kier molecular flexibility index (Phi) is 2.21. The highest BCUT2D eigenvalue weighted by molar-refractivity contribution is 6.32. The van der Waals surface area contributed by atoms with Crippen LogP contribution < -0.4 is 5.46 Å². The third-order valence-electron chi connectivity index (χ3n) is 1.90. The maximum Gasteiger partial charge on any atom is 0.313 e. The zero-order valence-corrected chi connectivity index (χ0v) is 7.99. The fourth-order valence-electron chi connectivity index (χ4n) is 1.25. The van der Waals surface area contributed by atoms with Gasteiger partial charge >= 0.3 is 5.69 Å². The van der Waals surface area contributed by atoms with Crippen molar-refractivity contribution in [2.45, 2.75) is 0 Å². The molecule has 0 aromatic carbocycles. The summed E-state index contributed by atoms with van der Waals surface area (Å²) in [4.78, 5) is 14.3. The molecule has 0 N–H and O–H groups in total. The highest BCUT2D eigenvalue weighted by Crippen LogP contribution is 2.16. The van der Waals surface area contributed by atoms with Crippen molar-refractivity contribution in [3.05, 3.63) is 40.8 Å². The molecule has 15 heavy (non-hydrogen) atoms. The Hall–Kier alpha value is -2.18. The molecular formula is C8H7BN4O2. The van der Waals surface area contributed by atoms with E-state index in [9.17, 15) is 10.1 Å². The standard InChI is InChI=1S/C8H7BN4O2/c9-6-4-7(13(14)15)8(10-5-6)12-3-1-2-11-12/h1-5H,9H2. The van der Waals surface area contributed by atoms with Gasteiger partial charge in [-0.1, -0.05) is 5.46 Å². The summed E-state index contributed by atoms with van der Waals surface area (Å²) in [6.07, 6.45) is 4.74. The third kappa shape index (κ3) is 1.71. The van der Waals surface area contributed by atoms with Crippen molar-refractivity contribution in [1.29, 1.82) is 0 Å². The molecule has 2 heterocycles. The van der Waals surface area contributed by atoms with E-state index >= 15 is 0 Å². The lowest BCUT2D eigenvalue weighted by Gasteiger charge is -2.02. The molecule has 0 fully saturated rings. The molecule has 6 nitrogen and oxygen atoms in total. The summed E-state index contributed by atoms with van der Waals surface area (Å²) in [6, 6.07) is 3.16. The summed E-state index contributed by atoms with van der Waals surface area (Å²) in [7, 11) is 1.76. The highest BCUT2D eigenvalue weighted by atomic mass is 16.6. The summed E-state index contributed by atoms with van der Waals surface area (Å²) in [5.74, 6) is 0.232. The molecule has 0 aliphatic carbocycles. The second kappa shape index (κ2) is 3.53. The van der Waals surface area contributed by atoms with Crippen molar-refractivity contribution >= 4 is 19.0 Å². The first-order valence-corrected chi connectivity index (χ1v) is 4.29. The topological polar surface area (TPSA) is 73.8 Å². The molecule has 0 unspecified atom stereocenters. The third-order valence-corrected chi connectivity index (χ3v) is 1.90. The number of rotatable bonds is 2. The van der Waals surface area contributed by atoms with Crippen molar-refractivity contribution in [3.8, 4) is 5.82 Å². The van der Waals surface area contributed by atoms with Crippen molar-refractivity contribution < 1.29 is 4.92 Å². The van der Waals surface area contributed by atoms with Gasteiger partial charge in [0.05, 0.1) is 4.92 Å². The van der Waals surface area contributed by atoms with Crippen LogP contribution in [0.4, 0.5) is 5.69 Å². The Bertz CT molecular complexity index is 497. The molecule has 2 aromatic rings. The highest BCUT2D eigenvalue weighted by Gasteiger charge is 2.16. The summed E-state index contributed by atoms with van der Waals surface area (Å²) >= 11 is 0. The fraction of sp³-hybridized carbons (Fsp3) is 0. The lowest BCUT2D eigenvalue weighted by atomic mass is 9.98. The largest absolute Gasteiger partial charge is 0.313 e. The van der Waals surface area contributed by atoms with Crippen molar-refractivity contribution in [2.24, 2.45) is 0 Å². The van der Waals surface area contributed by atoms with Gasteiger partial charge in [-0.05, 0) is 6.07 Å². The van der Waals surface area contributed by atoms with Crippen LogP contribution in [0.5, 0.6) is 0 Å². The van der Waals surface area contributed by atoms with Gasteiger partial charge in [0.15, 0.2) is 0 Å². The van der Waals surface area contributed by atoms with E-state index in [0.717, 1.165) is 5.46 Å². The average molecular weight is 202 g/mol. The van der Waals surface area contributed by atoms with E-state index in [1.54, 1.807) is 32.5 Å². The van der Waals surface area contributed by atoms with E-state index in [0.29, 0.717) is 0 Å².